The summed E-state index contributed by atoms with van der Waals surface area (Å²) in [5.74, 6) is -0.856. The van der Waals surface area contributed by atoms with Gasteiger partial charge < -0.3 is 9.64 Å². The van der Waals surface area contributed by atoms with Gasteiger partial charge in [-0.1, -0.05) is 0 Å². The molecule has 0 amide bonds. The maximum absolute atomic E-state index is 11.4. The Balaban J connectivity index is 4.68. The minimum absolute atomic E-state index is 0.0729. The first-order valence-corrected chi connectivity index (χ1v) is 4.44. The standard InChI is InChI=1S/C10H17NO3/c1-7(2)14-10(13)9(8(3)12)6-11(4)5/h6-7H,1-5H3/b9-6-. The fourth-order valence-corrected chi connectivity index (χ4v) is 0.823. The summed E-state index contributed by atoms with van der Waals surface area (Å²) in [6, 6.07) is 0. The van der Waals surface area contributed by atoms with Crippen LogP contribution >= 0.6 is 0 Å². The largest absolute Gasteiger partial charge is 0.459 e. The normalized spacial score (nSPS) is 11.4. The Bertz CT molecular complexity index is 254. The topological polar surface area (TPSA) is 46.6 Å². The van der Waals surface area contributed by atoms with E-state index in [1.807, 2.05) is 0 Å². The van der Waals surface area contributed by atoms with Gasteiger partial charge in [-0.05, 0) is 20.8 Å². The van der Waals surface area contributed by atoms with E-state index in [2.05, 4.69) is 0 Å². The van der Waals surface area contributed by atoms with Gasteiger partial charge in [0.05, 0.1) is 6.10 Å². The van der Waals surface area contributed by atoms with Gasteiger partial charge in [0, 0.05) is 20.3 Å². The molecule has 0 aromatic heterocycles. The lowest BCUT2D eigenvalue weighted by molar-refractivity contribution is -0.143. The first kappa shape index (κ1) is 12.7. The van der Waals surface area contributed by atoms with Crippen LogP contribution in [0.2, 0.25) is 0 Å². The zero-order valence-corrected chi connectivity index (χ0v) is 9.33. The Hall–Kier alpha value is -1.32. The van der Waals surface area contributed by atoms with Crippen molar-refractivity contribution in [1.82, 2.24) is 4.90 Å². The molecule has 0 heterocycles. The highest BCUT2D eigenvalue weighted by Crippen LogP contribution is 2.03. The highest BCUT2D eigenvalue weighted by Gasteiger charge is 2.17. The summed E-state index contributed by atoms with van der Waals surface area (Å²) in [4.78, 5) is 24.1. The first-order valence-electron chi connectivity index (χ1n) is 4.44. The van der Waals surface area contributed by atoms with Crippen molar-refractivity contribution in [2.75, 3.05) is 14.1 Å². The van der Waals surface area contributed by atoms with Crippen LogP contribution in [0.15, 0.2) is 11.8 Å². The smallest absolute Gasteiger partial charge is 0.343 e. The fourth-order valence-electron chi connectivity index (χ4n) is 0.823. The molecule has 0 bridgehead atoms. The molecule has 0 saturated carbocycles. The summed E-state index contributed by atoms with van der Waals surface area (Å²) in [6.45, 7) is 4.83. The van der Waals surface area contributed by atoms with Crippen molar-refractivity contribution < 1.29 is 14.3 Å². The van der Waals surface area contributed by atoms with Crippen LogP contribution in [0.4, 0.5) is 0 Å². The van der Waals surface area contributed by atoms with Gasteiger partial charge in [0.25, 0.3) is 0 Å². The molecular weight excluding hydrogens is 182 g/mol. The number of carbonyl (C=O) groups excluding carboxylic acids is 2. The molecule has 0 aromatic carbocycles. The van der Waals surface area contributed by atoms with Gasteiger partial charge in [-0.15, -0.1) is 0 Å². The molecule has 14 heavy (non-hydrogen) atoms. The van der Waals surface area contributed by atoms with Crippen LogP contribution in [0.1, 0.15) is 20.8 Å². The Labute approximate surface area is 84.5 Å². The van der Waals surface area contributed by atoms with Crippen LogP contribution in [-0.2, 0) is 14.3 Å². The van der Waals surface area contributed by atoms with Gasteiger partial charge >= 0.3 is 5.97 Å². The monoisotopic (exact) mass is 199 g/mol. The molecule has 0 saturated heterocycles. The number of hydrogen-bond acceptors (Lipinski definition) is 4. The molecule has 80 valence electrons. The first-order chi connectivity index (χ1) is 6.34. The van der Waals surface area contributed by atoms with E-state index in [4.69, 9.17) is 4.74 Å². The molecule has 4 heteroatoms. The van der Waals surface area contributed by atoms with Gasteiger partial charge in [-0.25, -0.2) is 4.79 Å². The van der Waals surface area contributed by atoms with Crippen molar-refractivity contribution in [3.8, 4) is 0 Å². The molecule has 0 radical (unpaired) electrons. The number of Topliss-reactive ketones (excluding diaryl/α,β-unsaturated/α-hetero) is 1. The number of carbonyl (C=O) groups is 2. The predicted octanol–water partition coefficient (Wildman–Crippen LogP) is 0.972. The molecule has 0 aliphatic rings. The summed E-state index contributed by atoms with van der Waals surface area (Å²) >= 11 is 0. The third-order valence-corrected chi connectivity index (χ3v) is 1.33. The van der Waals surface area contributed by atoms with Crippen molar-refractivity contribution in [3.63, 3.8) is 0 Å². The van der Waals surface area contributed by atoms with E-state index < -0.39 is 5.97 Å². The third kappa shape index (κ3) is 4.64. The Morgan fingerprint density at radius 2 is 1.79 bits per heavy atom. The van der Waals surface area contributed by atoms with Gasteiger partial charge in [0.15, 0.2) is 5.78 Å². The minimum Gasteiger partial charge on any atom is -0.459 e. The molecule has 0 N–H and O–H groups in total. The van der Waals surface area contributed by atoms with Gasteiger partial charge in [0.1, 0.15) is 5.57 Å². The van der Waals surface area contributed by atoms with Crippen molar-refractivity contribution in [3.05, 3.63) is 11.8 Å². The summed E-state index contributed by atoms with van der Waals surface area (Å²) in [5.41, 5.74) is 0.0729. The van der Waals surface area contributed by atoms with E-state index in [1.54, 1.807) is 32.8 Å². The van der Waals surface area contributed by atoms with E-state index in [0.29, 0.717) is 0 Å². The second-order valence-corrected chi connectivity index (χ2v) is 3.52. The molecular formula is C10H17NO3. The maximum atomic E-state index is 11.4. The number of ether oxygens (including phenoxy) is 1. The molecule has 0 aliphatic carbocycles. The molecule has 0 spiro atoms. The molecule has 0 aliphatic heterocycles. The van der Waals surface area contributed by atoms with Gasteiger partial charge in [-0.2, -0.15) is 0 Å². The predicted molar refractivity (Wildman–Crippen MR) is 53.7 cm³/mol. The van der Waals surface area contributed by atoms with Crippen LogP contribution < -0.4 is 0 Å². The quantitative estimate of drug-likeness (QED) is 0.293. The SMILES string of the molecule is CC(=O)/C(=C/N(C)C)C(=O)OC(C)C. The Morgan fingerprint density at radius 3 is 2.07 bits per heavy atom. The van der Waals surface area contributed by atoms with E-state index >= 15 is 0 Å². The lowest BCUT2D eigenvalue weighted by atomic mass is 10.2. The average molecular weight is 199 g/mol. The van der Waals surface area contributed by atoms with Gasteiger partial charge in [-0.3, -0.25) is 4.79 Å². The van der Waals surface area contributed by atoms with E-state index in [0.717, 1.165) is 0 Å². The van der Waals surface area contributed by atoms with Crippen LogP contribution in [0.3, 0.4) is 0 Å². The number of hydrogen-bond donors (Lipinski definition) is 0. The average Bonchev–Trinajstić information content (AvgIpc) is 1.97. The number of ketones is 1. The van der Waals surface area contributed by atoms with E-state index in [-0.39, 0.29) is 17.5 Å². The number of rotatable bonds is 4. The Morgan fingerprint density at radius 1 is 1.29 bits per heavy atom. The number of esters is 1. The fraction of sp³-hybridized carbons (Fsp3) is 0.600. The molecule has 4 nitrogen and oxygen atoms in total. The molecule has 0 aromatic rings. The zero-order valence-electron chi connectivity index (χ0n) is 9.33. The van der Waals surface area contributed by atoms with Crippen molar-refractivity contribution >= 4 is 11.8 Å². The molecule has 0 rings (SSSR count). The lowest BCUT2D eigenvalue weighted by Crippen LogP contribution is -2.20. The van der Waals surface area contributed by atoms with Crippen molar-refractivity contribution in [1.29, 1.82) is 0 Å². The maximum Gasteiger partial charge on any atom is 0.343 e. The van der Waals surface area contributed by atoms with Crippen LogP contribution in [0.5, 0.6) is 0 Å². The highest BCUT2D eigenvalue weighted by atomic mass is 16.5. The highest BCUT2D eigenvalue weighted by molar-refractivity contribution is 6.16. The number of nitrogens with zero attached hydrogens (tertiary/aromatic N) is 1. The van der Waals surface area contributed by atoms with Gasteiger partial charge in [0.2, 0.25) is 0 Å². The van der Waals surface area contributed by atoms with E-state index in [1.165, 1.54) is 13.1 Å². The summed E-state index contributed by atoms with van der Waals surface area (Å²) < 4.78 is 4.92. The molecule has 0 fully saturated rings. The summed E-state index contributed by atoms with van der Waals surface area (Å²) in [5, 5.41) is 0. The molecule has 0 atom stereocenters. The van der Waals surface area contributed by atoms with E-state index in [9.17, 15) is 9.59 Å². The second kappa shape index (κ2) is 5.42. The summed E-state index contributed by atoms with van der Waals surface area (Å²) in [7, 11) is 3.48. The second-order valence-electron chi connectivity index (χ2n) is 3.52. The van der Waals surface area contributed by atoms with Crippen molar-refractivity contribution in [2.24, 2.45) is 0 Å². The van der Waals surface area contributed by atoms with Crippen LogP contribution in [0, 0.1) is 0 Å². The minimum atomic E-state index is -0.568. The van der Waals surface area contributed by atoms with Crippen LogP contribution in [-0.4, -0.2) is 36.9 Å². The van der Waals surface area contributed by atoms with Crippen molar-refractivity contribution in [2.45, 2.75) is 26.9 Å². The van der Waals surface area contributed by atoms with Crippen LogP contribution in [0.25, 0.3) is 0 Å². The zero-order chi connectivity index (χ0) is 11.3. The summed E-state index contributed by atoms with van der Waals surface area (Å²) in [6.07, 6.45) is 1.25. The lowest BCUT2D eigenvalue weighted by Gasteiger charge is -2.11. The molecule has 0 unspecified atom stereocenters. The Kier molecular flexibility index (Phi) is 4.91. The third-order valence-electron chi connectivity index (χ3n) is 1.33.